The van der Waals surface area contributed by atoms with E-state index >= 15 is 0 Å². The Morgan fingerprint density at radius 3 is 2.74 bits per heavy atom. The summed E-state index contributed by atoms with van der Waals surface area (Å²) >= 11 is 0. The van der Waals surface area contributed by atoms with E-state index in [9.17, 15) is 9.18 Å². The number of nitrogens with one attached hydrogen (secondary N) is 1. The first-order valence-corrected chi connectivity index (χ1v) is 6.02. The van der Waals surface area contributed by atoms with Gasteiger partial charge in [-0.15, -0.1) is 0 Å². The smallest absolute Gasteiger partial charge is 0.328 e. The molecule has 0 amide bonds. The van der Waals surface area contributed by atoms with E-state index in [-0.39, 0.29) is 11.5 Å². The molecule has 1 unspecified atom stereocenters. The molecule has 0 aliphatic heterocycles. The van der Waals surface area contributed by atoms with Gasteiger partial charge in [-0.2, -0.15) is 5.26 Å². The van der Waals surface area contributed by atoms with Gasteiger partial charge in [0.05, 0.1) is 18.4 Å². The highest BCUT2D eigenvalue weighted by molar-refractivity contribution is 5.80. The van der Waals surface area contributed by atoms with Crippen LogP contribution < -0.4 is 5.32 Å². The molecule has 4 nitrogen and oxygen atoms in total. The summed E-state index contributed by atoms with van der Waals surface area (Å²) in [6.07, 6.45) is 0.564. The lowest BCUT2D eigenvalue weighted by Gasteiger charge is -2.20. The van der Waals surface area contributed by atoms with Gasteiger partial charge in [0.25, 0.3) is 0 Å². The summed E-state index contributed by atoms with van der Waals surface area (Å²) < 4.78 is 17.8. The Morgan fingerprint density at radius 1 is 1.53 bits per heavy atom. The summed E-state index contributed by atoms with van der Waals surface area (Å²) in [5.41, 5.74) is 0.595. The first-order chi connectivity index (χ1) is 8.97. The molecule has 1 rings (SSSR count). The van der Waals surface area contributed by atoms with Crippen LogP contribution in [0.5, 0.6) is 0 Å². The molecular formula is C14H17FN2O2. The molecule has 19 heavy (non-hydrogen) atoms. The van der Waals surface area contributed by atoms with Gasteiger partial charge in [-0.3, -0.25) is 0 Å². The van der Waals surface area contributed by atoms with E-state index in [2.05, 4.69) is 5.32 Å². The lowest BCUT2D eigenvalue weighted by Crippen LogP contribution is -2.32. The first-order valence-electron chi connectivity index (χ1n) is 6.02. The maximum absolute atomic E-state index is 13.0. The molecule has 0 heterocycles. The summed E-state index contributed by atoms with van der Waals surface area (Å²) in [6.45, 7) is 3.96. The van der Waals surface area contributed by atoms with Crippen LogP contribution in [0, 0.1) is 23.1 Å². The fourth-order valence-electron chi connectivity index (χ4n) is 1.75. The molecular weight excluding hydrogens is 247 g/mol. The van der Waals surface area contributed by atoms with Crippen molar-refractivity contribution in [3.63, 3.8) is 0 Å². The maximum Gasteiger partial charge on any atom is 0.328 e. The van der Waals surface area contributed by atoms with E-state index in [1.807, 2.05) is 19.9 Å². The molecule has 102 valence electrons. The minimum Gasteiger partial charge on any atom is -0.467 e. The predicted octanol–water partition coefficient (Wildman–Crippen LogP) is 2.70. The number of benzene rings is 1. The number of anilines is 1. The molecule has 0 aromatic heterocycles. The third-order valence-electron chi connectivity index (χ3n) is 2.62. The second kappa shape index (κ2) is 6.74. The maximum atomic E-state index is 13.0. The van der Waals surface area contributed by atoms with Crippen LogP contribution in [0.2, 0.25) is 0 Å². The van der Waals surface area contributed by atoms with E-state index < -0.39 is 17.8 Å². The Labute approximate surface area is 112 Å². The molecule has 0 saturated carbocycles. The molecule has 0 aliphatic rings. The van der Waals surface area contributed by atoms with E-state index in [0.29, 0.717) is 12.1 Å². The van der Waals surface area contributed by atoms with Gasteiger partial charge in [0.2, 0.25) is 0 Å². The van der Waals surface area contributed by atoms with Crippen LogP contribution in [0.1, 0.15) is 25.8 Å². The molecule has 0 bridgehead atoms. The van der Waals surface area contributed by atoms with E-state index in [0.717, 1.165) is 6.07 Å². The lowest BCUT2D eigenvalue weighted by molar-refractivity contribution is -0.141. The molecule has 0 fully saturated rings. The number of carbonyl (C=O) groups is 1. The fraction of sp³-hybridized carbons (Fsp3) is 0.429. The second-order valence-corrected chi connectivity index (χ2v) is 4.65. The van der Waals surface area contributed by atoms with Gasteiger partial charge in [-0.05, 0) is 30.5 Å². The van der Waals surface area contributed by atoms with Crippen LogP contribution in [-0.2, 0) is 9.53 Å². The van der Waals surface area contributed by atoms with Crippen LogP contribution in [-0.4, -0.2) is 19.1 Å². The zero-order chi connectivity index (χ0) is 14.4. The summed E-state index contributed by atoms with van der Waals surface area (Å²) in [7, 11) is 1.31. The number of carbonyl (C=O) groups excluding carboxylic acids is 1. The normalized spacial score (nSPS) is 11.8. The van der Waals surface area contributed by atoms with Gasteiger partial charge in [0.15, 0.2) is 0 Å². The van der Waals surface area contributed by atoms with Crippen LogP contribution in [0.15, 0.2) is 18.2 Å². The van der Waals surface area contributed by atoms with E-state index in [4.69, 9.17) is 10.00 Å². The van der Waals surface area contributed by atoms with Crippen molar-refractivity contribution >= 4 is 11.7 Å². The molecule has 1 aromatic carbocycles. The molecule has 0 radical (unpaired) electrons. The van der Waals surface area contributed by atoms with Gasteiger partial charge >= 0.3 is 5.97 Å². The first kappa shape index (κ1) is 15.0. The lowest BCUT2D eigenvalue weighted by atomic mass is 10.0. The van der Waals surface area contributed by atoms with Crippen molar-refractivity contribution in [1.29, 1.82) is 5.26 Å². The monoisotopic (exact) mass is 264 g/mol. The highest BCUT2D eigenvalue weighted by Crippen LogP contribution is 2.19. The van der Waals surface area contributed by atoms with E-state index in [1.165, 1.54) is 19.2 Å². The van der Waals surface area contributed by atoms with Gasteiger partial charge < -0.3 is 10.1 Å². The highest BCUT2D eigenvalue weighted by Gasteiger charge is 2.21. The van der Waals surface area contributed by atoms with Crippen LogP contribution >= 0.6 is 0 Å². The molecule has 0 spiro atoms. The number of nitrogens with zero attached hydrogens (tertiary/aromatic N) is 1. The fourth-order valence-corrected chi connectivity index (χ4v) is 1.75. The van der Waals surface area contributed by atoms with Gasteiger partial charge in [-0.1, -0.05) is 13.8 Å². The van der Waals surface area contributed by atoms with Crippen molar-refractivity contribution in [2.45, 2.75) is 26.3 Å². The Hall–Kier alpha value is -2.09. The molecule has 1 atom stereocenters. The quantitative estimate of drug-likeness (QED) is 0.830. The van der Waals surface area contributed by atoms with Crippen molar-refractivity contribution in [3.05, 3.63) is 29.6 Å². The average molecular weight is 264 g/mol. The number of rotatable bonds is 5. The molecule has 1 aromatic rings. The Kier molecular flexibility index (Phi) is 5.31. The third kappa shape index (κ3) is 4.25. The van der Waals surface area contributed by atoms with Crippen LogP contribution in [0.25, 0.3) is 0 Å². The largest absolute Gasteiger partial charge is 0.467 e. The molecule has 5 heteroatoms. The molecule has 0 aliphatic carbocycles. The van der Waals surface area contributed by atoms with Crippen molar-refractivity contribution < 1.29 is 13.9 Å². The topological polar surface area (TPSA) is 62.1 Å². The third-order valence-corrected chi connectivity index (χ3v) is 2.62. The summed E-state index contributed by atoms with van der Waals surface area (Å²) in [6, 6.07) is 5.17. The molecule has 0 saturated heterocycles. The number of methoxy groups -OCH3 is 1. The average Bonchev–Trinajstić information content (AvgIpc) is 2.38. The highest BCUT2D eigenvalue weighted by atomic mass is 19.1. The summed E-state index contributed by atoms with van der Waals surface area (Å²) in [4.78, 5) is 11.7. The Bertz CT molecular complexity index is 495. The van der Waals surface area contributed by atoms with E-state index in [1.54, 1.807) is 0 Å². The standard InChI is InChI=1S/C14H17FN2O2/c1-9(2)6-13(14(18)19-3)17-12-5-4-11(15)7-10(12)8-16/h4-5,7,9,13,17H,6H2,1-3H3. The summed E-state index contributed by atoms with van der Waals surface area (Å²) in [5, 5.41) is 11.9. The van der Waals surface area contributed by atoms with Gasteiger partial charge in [0, 0.05) is 0 Å². The van der Waals surface area contributed by atoms with Gasteiger partial charge in [0.1, 0.15) is 17.9 Å². The summed E-state index contributed by atoms with van der Waals surface area (Å²) in [5.74, 6) is -0.606. The van der Waals surface area contributed by atoms with Crippen molar-refractivity contribution in [3.8, 4) is 6.07 Å². The second-order valence-electron chi connectivity index (χ2n) is 4.65. The zero-order valence-corrected chi connectivity index (χ0v) is 11.2. The van der Waals surface area contributed by atoms with Crippen molar-refractivity contribution in [2.24, 2.45) is 5.92 Å². The number of esters is 1. The minimum atomic E-state index is -0.553. The Morgan fingerprint density at radius 2 is 2.21 bits per heavy atom. The zero-order valence-electron chi connectivity index (χ0n) is 11.2. The number of hydrogen-bond donors (Lipinski definition) is 1. The van der Waals surface area contributed by atoms with Gasteiger partial charge in [-0.25, -0.2) is 9.18 Å². The van der Waals surface area contributed by atoms with Crippen LogP contribution in [0.4, 0.5) is 10.1 Å². The molecule has 1 N–H and O–H groups in total. The number of nitriles is 1. The van der Waals surface area contributed by atoms with Crippen molar-refractivity contribution in [2.75, 3.05) is 12.4 Å². The number of ether oxygens (including phenoxy) is 1. The number of hydrogen-bond acceptors (Lipinski definition) is 4. The van der Waals surface area contributed by atoms with Crippen molar-refractivity contribution in [1.82, 2.24) is 0 Å². The van der Waals surface area contributed by atoms with Crippen LogP contribution in [0.3, 0.4) is 0 Å². The minimum absolute atomic E-state index is 0.164. The SMILES string of the molecule is COC(=O)C(CC(C)C)Nc1ccc(F)cc1C#N. The number of halogens is 1. The predicted molar refractivity (Wildman–Crippen MR) is 70.0 cm³/mol. The Balaban J connectivity index is 2.96.